The predicted molar refractivity (Wildman–Crippen MR) is 107 cm³/mol. The molecule has 3 aliphatic rings. The Labute approximate surface area is 171 Å². The first-order valence-electron chi connectivity index (χ1n) is 10.2. The molecule has 0 unspecified atom stereocenters. The van der Waals surface area contributed by atoms with Gasteiger partial charge in [-0.3, -0.25) is 9.59 Å². The van der Waals surface area contributed by atoms with Crippen LogP contribution in [0, 0.1) is 5.92 Å². The zero-order chi connectivity index (χ0) is 20.4. The SMILES string of the molecule is O=C(Nc1ccc(S(=O)(=O)N2CCOCC2)cc1)[C@H]1CC(=O)N(C2CCCC2)C1. The highest BCUT2D eigenvalue weighted by Crippen LogP contribution is 2.30. The molecule has 8 nitrogen and oxygen atoms in total. The third-order valence-electron chi connectivity index (χ3n) is 6.02. The number of rotatable bonds is 5. The Hall–Kier alpha value is -1.97. The lowest BCUT2D eigenvalue weighted by atomic mass is 10.1. The number of carbonyl (C=O) groups excluding carboxylic acids is 2. The number of nitrogens with one attached hydrogen (secondary N) is 1. The van der Waals surface area contributed by atoms with Crippen molar-refractivity contribution in [3.63, 3.8) is 0 Å². The number of sulfonamides is 1. The van der Waals surface area contributed by atoms with Crippen molar-refractivity contribution in [1.29, 1.82) is 0 Å². The Kier molecular flexibility index (Phi) is 5.89. The molecule has 1 aromatic carbocycles. The van der Waals surface area contributed by atoms with Gasteiger partial charge in [-0.1, -0.05) is 12.8 Å². The summed E-state index contributed by atoms with van der Waals surface area (Å²) < 4.78 is 32.0. The van der Waals surface area contributed by atoms with Crippen molar-refractivity contribution in [3.05, 3.63) is 24.3 Å². The third kappa shape index (κ3) is 4.31. The van der Waals surface area contributed by atoms with Crippen LogP contribution in [0.25, 0.3) is 0 Å². The molecule has 3 fully saturated rings. The molecule has 158 valence electrons. The molecule has 29 heavy (non-hydrogen) atoms. The second kappa shape index (κ2) is 8.41. The van der Waals surface area contributed by atoms with Gasteiger partial charge in [-0.05, 0) is 37.1 Å². The Balaban J connectivity index is 1.37. The first-order valence-corrected chi connectivity index (χ1v) is 11.7. The van der Waals surface area contributed by atoms with Gasteiger partial charge in [0.25, 0.3) is 0 Å². The van der Waals surface area contributed by atoms with Crippen molar-refractivity contribution in [2.75, 3.05) is 38.2 Å². The van der Waals surface area contributed by atoms with Gasteiger partial charge in [-0.25, -0.2) is 8.42 Å². The van der Waals surface area contributed by atoms with E-state index in [0.29, 0.717) is 38.5 Å². The molecule has 2 heterocycles. The Morgan fingerprint density at radius 1 is 1.07 bits per heavy atom. The van der Waals surface area contributed by atoms with Crippen molar-refractivity contribution in [3.8, 4) is 0 Å². The fourth-order valence-corrected chi connectivity index (χ4v) is 5.77. The number of likely N-dealkylation sites (tertiary alicyclic amines) is 1. The van der Waals surface area contributed by atoms with E-state index < -0.39 is 10.0 Å². The van der Waals surface area contributed by atoms with Crippen LogP contribution in [0.2, 0.25) is 0 Å². The molecule has 2 aliphatic heterocycles. The molecule has 4 rings (SSSR count). The second-order valence-corrected chi connectivity index (χ2v) is 9.85. The summed E-state index contributed by atoms with van der Waals surface area (Å²) in [5, 5.41) is 2.83. The fourth-order valence-electron chi connectivity index (χ4n) is 4.37. The van der Waals surface area contributed by atoms with Crippen LogP contribution >= 0.6 is 0 Å². The average Bonchev–Trinajstić information content (AvgIpc) is 3.38. The molecule has 1 aliphatic carbocycles. The van der Waals surface area contributed by atoms with Gasteiger partial charge < -0.3 is 15.0 Å². The smallest absolute Gasteiger partial charge is 0.243 e. The van der Waals surface area contributed by atoms with Gasteiger partial charge in [-0.2, -0.15) is 4.31 Å². The minimum Gasteiger partial charge on any atom is -0.379 e. The number of nitrogens with zero attached hydrogens (tertiary/aromatic N) is 2. The van der Waals surface area contributed by atoms with Crippen LogP contribution in [0.4, 0.5) is 5.69 Å². The van der Waals surface area contributed by atoms with Gasteiger partial charge in [0.05, 0.1) is 24.0 Å². The highest BCUT2D eigenvalue weighted by Gasteiger charge is 2.38. The van der Waals surface area contributed by atoms with Crippen LogP contribution < -0.4 is 5.32 Å². The van der Waals surface area contributed by atoms with Crippen molar-refractivity contribution in [2.24, 2.45) is 5.92 Å². The number of amides is 2. The van der Waals surface area contributed by atoms with Crippen LogP contribution in [-0.4, -0.2) is 68.3 Å². The summed E-state index contributed by atoms with van der Waals surface area (Å²) in [5.74, 6) is -0.494. The molecule has 1 aromatic rings. The van der Waals surface area contributed by atoms with Crippen LogP contribution in [0.1, 0.15) is 32.1 Å². The molecule has 1 saturated carbocycles. The van der Waals surface area contributed by atoms with Crippen molar-refractivity contribution in [1.82, 2.24) is 9.21 Å². The monoisotopic (exact) mass is 421 g/mol. The van der Waals surface area contributed by atoms with Gasteiger partial charge in [0, 0.05) is 37.8 Å². The summed E-state index contributed by atoms with van der Waals surface area (Å²) in [6.45, 7) is 1.94. The van der Waals surface area contributed by atoms with E-state index in [9.17, 15) is 18.0 Å². The molecular weight excluding hydrogens is 394 g/mol. The molecule has 1 atom stereocenters. The van der Waals surface area contributed by atoms with E-state index in [1.165, 1.54) is 16.4 Å². The van der Waals surface area contributed by atoms with Crippen LogP contribution in [0.3, 0.4) is 0 Å². The molecule has 0 spiro atoms. The maximum atomic E-state index is 12.7. The minimum absolute atomic E-state index is 0.0593. The van der Waals surface area contributed by atoms with Crippen molar-refractivity contribution >= 4 is 27.5 Å². The minimum atomic E-state index is -3.56. The molecule has 0 radical (unpaired) electrons. The molecule has 9 heteroatoms. The quantitative estimate of drug-likeness (QED) is 0.776. The topological polar surface area (TPSA) is 96.0 Å². The summed E-state index contributed by atoms with van der Waals surface area (Å²) in [5.41, 5.74) is 0.530. The molecule has 0 aromatic heterocycles. The van der Waals surface area contributed by atoms with Gasteiger partial charge in [0.15, 0.2) is 0 Å². The number of carbonyl (C=O) groups is 2. The van der Waals surface area contributed by atoms with Gasteiger partial charge in [-0.15, -0.1) is 0 Å². The Bertz CT molecular complexity index is 859. The lowest BCUT2D eigenvalue weighted by Crippen LogP contribution is -2.40. The van der Waals surface area contributed by atoms with Crippen molar-refractivity contribution in [2.45, 2.75) is 43.0 Å². The van der Waals surface area contributed by atoms with E-state index in [0.717, 1.165) is 25.7 Å². The summed E-state index contributed by atoms with van der Waals surface area (Å²) in [7, 11) is -3.56. The number of hydrogen-bond donors (Lipinski definition) is 1. The van der Waals surface area contributed by atoms with Gasteiger partial charge in [0.2, 0.25) is 21.8 Å². The molecule has 0 bridgehead atoms. The van der Waals surface area contributed by atoms with E-state index in [1.807, 2.05) is 4.90 Å². The lowest BCUT2D eigenvalue weighted by Gasteiger charge is -2.26. The standard InChI is InChI=1S/C20H27N3O5S/c24-19-13-15(14-23(19)17-3-1-2-4-17)20(25)21-16-5-7-18(8-6-16)29(26,27)22-9-11-28-12-10-22/h5-8,15,17H,1-4,9-14H2,(H,21,25)/t15-/m0/s1. The van der Waals surface area contributed by atoms with Gasteiger partial charge >= 0.3 is 0 Å². The van der Waals surface area contributed by atoms with E-state index in [2.05, 4.69) is 5.32 Å². The normalized spacial score (nSPS) is 24.2. The highest BCUT2D eigenvalue weighted by molar-refractivity contribution is 7.89. The zero-order valence-electron chi connectivity index (χ0n) is 16.4. The molecular formula is C20H27N3O5S. The van der Waals surface area contributed by atoms with Gasteiger partial charge in [0.1, 0.15) is 0 Å². The van der Waals surface area contributed by atoms with E-state index in [1.54, 1.807) is 12.1 Å². The summed E-state index contributed by atoms with van der Waals surface area (Å²) in [6.07, 6.45) is 4.58. The zero-order valence-corrected chi connectivity index (χ0v) is 17.2. The summed E-state index contributed by atoms with van der Waals surface area (Å²) in [4.78, 5) is 27.0. The van der Waals surface area contributed by atoms with Crippen LogP contribution in [0.5, 0.6) is 0 Å². The van der Waals surface area contributed by atoms with E-state index in [-0.39, 0.29) is 35.1 Å². The maximum absolute atomic E-state index is 12.7. The third-order valence-corrected chi connectivity index (χ3v) is 7.94. The van der Waals surface area contributed by atoms with Crippen LogP contribution in [-0.2, 0) is 24.3 Å². The van der Waals surface area contributed by atoms with Crippen molar-refractivity contribution < 1.29 is 22.7 Å². The average molecular weight is 422 g/mol. The van der Waals surface area contributed by atoms with Crippen LogP contribution in [0.15, 0.2) is 29.2 Å². The number of hydrogen-bond acceptors (Lipinski definition) is 5. The highest BCUT2D eigenvalue weighted by atomic mass is 32.2. The summed E-state index contributed by atoms with van der Waals surface area (Å²) >= 11 is 0. The Morgan fingerprint density at radius 2 is 1.72 bits per heavy atom. The summed E-state index contributed by atoms with van der Waals surface area (Å²) in [6, 6.07) is 6.48. The second-order valence-electron chi connectivity index (χ2n) is 7.92. The first kappa shape index (κ1) is 20.3. The lowest BCUT2D eigenvalue weighted by molar-refractivity contribution is -0.129. The molecule has 2 amide bonds. The fraction of sp³-hybridized carbons (Fsp3) is 0.600. The number of morpholine rings is 1. The maximum Gasteiger partial charge on any atom is 0.243 e. The first-order chi connectivity index (χ1) is 13.9. The molecule has 2 saturated heterocycles. The largest absolute Gasteiger partial charge is 0.379 e. The van der Waals surface area contributed by atoms with E-state index in [4.69, 9.17) is 4.74 Å². The number of anilines is 1. The molecule has 1 N–H and O–H groups in total. The predicted octanol–water partition coefficient (Wildman–Crippen LogP) is 1.44. The number of benzene rings is 1. The van der Waals surface area contributed by atoms with E-state index >= 15 is 0 Å². The number of ether oxygens (including phenoxy) is 1. The Morgan fingerprint density at radius 3 is 2.38 bits per heavy atom.